The van der Waals surface area contributed by atoms with E-state index in [0.29, 0.717) is 25.2 Å². The molecule has 0 saturated heterocycles. The van der Waals surface area contributed by atoms with Crippen LogP contribution in [0.15, 0.2) is 22.7 Å². The van der Waals surface area contributed by atoms with E-state index in [4.69, 9.17) is 5.26 Å². The number of amides is 1. The minimum absolute atomic E-state index is 0.0889. The number of rotatable bonds is 5. The van der Waals surface area contributed by atoms with E-state index in [-0.39, 0.29) is 5.91 Å². The van der Waals surface area contributed by atoms with Gasteiger partial charge in [0.25, 0.3) is 0 Å². The van der Waals surface area contributed by atoms with Crippen molar-refractivity contribution < 1.29 is 4.79 Å². The summed E-state index contributed by atoms with van der Waals surface area (Å²) in [6.07, 6.45) is 0. The second-order valence-electron chi connectivity index (χ2n) is 4.23. The molecule has 19 heavy (non-hydrogen) atoms. The Balaban J connectivity index is 2.84. The SMILES string of the molecule is CCN(CC)C(=O)CN(C)c1cc(Br)cc(C#N)c1. The molecule has 0 atom stereocenters. The third-order valence-electron chi connectivity index (χ3n) is 2.94. The van der Waals surface area contributed by atoms with Gasteiger partial charge in [0.15, 0.2) is 0 Å². The standard InChI is InChI=1S/C14H18BrN3O/c1-4-18(5-2)14(19)10-17(3)13-7-11(9-16)6-12(15)8-13/h6-8H,4-5,10H2,1-3H3. The van der Waals surface area contributed by atoms with Gasteiger partial charge >= 0.3 is 0 Å². The molecular weight excluding hydrogens is 306 g/mol. The topological polar surface area (TPSA) is 47.3 Å². The maximum atomic E-state index is 12.0. The Morgan fingerprint density at radius 3 is 2.47 bits per heavy atom. The molecule has 0 radical (unpaired) electrons. The van der Waals surface area contributed by atoms with Crippen molar-refractivity contribution in [3.8, 4) is 6.07 Å². The van der Waals surface area contributed by atoms with Crippen LogP contribution in [0.1, 0.15) is 19.4 Å². The fourth-order valence-electron chi connectivity index (χ4n) is 1.83. The molecule has 0 aromatic heterocycles. The molecule has 1 aromatic carbocycles. The lowest BCUT2D eigenvalue weighted by molar-refractivity contribution is -0.129. The van der Waals surface area contributed by atoms with Gasteiger partial charge in [-0.2, -0.15) is 5.26 Å². The van der Waals surface area contributed by atoms with Crippen LogP contribution in [0, 0.1) is 11.3 Å². The third kappa shape index (κ3) is 4.25. The van der Waals surface area contributed by atoms with Crippen molar-refractivity contribution in [3.63, 3.8) is 0 Å². The fourth-order valence-corrected chi connectivity index (χ4v) is 2.31. The smallest absolute Gasteiger partial charge is 0.242 e. The zero-order chi connectivity index (χ0) is 14.4. The summed E-state index contributed by atoms with van der Waals surface area (Å²) < 4.78 is 0.837. The molecule has 0 saturated carbocycles. The molecular formula is C14H18BrN3O. The Morgan fingerprint density at radius 2 is 1.95 bits per heavy atom. The molecule has 0 aliphatic rings. The Kier molecular flexibility index (Phi) is 5.84. The summed E-state index contributed by atoms with van der Waals surface area (Å²) in [4.78, 5) is 15.7. The van der Waals surface area contributed by atoms with E-state index in [1.807, 2.05) is 31.9 Å². The number of nitrogens with zero attached hydrogens (tertiary/aromatic N) is 3. The van der Waals surface area contributed by atoms with E-state index in [0.717, 1.165) is 10.2 Å². The number of likely N-dealkylation sites (N-methyl/N-ethyl adjacent to an activating group) is 2. The number of halogens is 1. The first-order valence-corrected chi connectivity index (χ1v) is 7.00. The van der Waals surface area contributed by atoms with E-state index >= 15 is 0 Å². The summed E-state index contributed by atoms with van der Waals surface area (Å²) in [5.41, 5.74) is 1.43. The van der Waals surface area contributed by atoms with Gasteiger partial charge in [-0.1, -0.05) is 15.9 Å². The fraction of sp³-hybridized carbons (Fsp3) is 0.429. The number of benzene rings is 1. The van der Waals surface area contributed by atoms with Gasteiger partial charge in [0.2, 0.25) is 5.91 Å². The molecule has 0 N–H and O–H groups in total. The van der Waals surface area contributed by atoms with Crippen molar-refractivity contribution in [1.82, 2.24) is 4.90 Å². The van der Waals surface area contributed by atoms with Gasteiger partial charge in [-0.3, -0.25) is 4.79 Å². The number of hydrogen-bond donors (Lipinski definition) is 0. The van der Waals surface area contributed by atoms with Crippen LogP contribution in [-0.4, -0.2) is 37.5 Å². The summed E-state index contributed by atoms with van der Waals surface area (Å²) in [5.74, 6) is 0.0889. The molecule has 0 unspecified atom stereocenters. The lowest BCUT2D eigenvalue weighted by atomic mass is 10.2. The van der Waals surface area contributed by atoms with Crippen LogP contribution in [0.5, 0.6) is 0 Å². The number of nitriles is 1. The van der Waals surface area contributed by atoms with Crippen LogP contribution in [0.3, 0.4) is 0 Å². The van der Waals surface area contributed by atoms with Gasteiger partial charge < -0.3 is 9.80 Å². The Hall–Kier alpha value is -1.54. The van der Waals surface area contributed by atoms with Gasteiger partial charge in [-0.15, -0.1) is 0 Å². The molecule has 1 rings (SSSR count). The Labute approximate surface area is 122 Å². The summed E-state index contributed by atoms with van der Waals surface area (Å²) in [5, 5.41) is 8.95. The molecule has 1 aromatic rings. The molecule has 0 aliphatic carbocycles. The lowest BCUT2D eigenvalue weighted by Gasteiger charge is -2.24. The number of hydrogen-bond acceptors (Lipinski definition) is 3. The normalized spacial score (nSPS) is 9.84. The van der Waals surface area contributed by atoms with Gasteiger partial charge in [-0.25, -0.2) is 0 Å². The monoisotopic (exact) mass is 323 g/mol. The average Bonchev–Trinajstić information content (AvgIpc) is 2.39. The van der Waals surface area contributed by atoms with E-state index in [9.17, 15) is 4.79 Å². The molecule has 0 bridgehead atoms. The largest absolute Gasteiger partial charge is 0.365 e. The van der Waals surface area contributed by atoms with E-state index in [1.54, 1.807) is 17.0 Å². The van der Waals surface area contributed by atoms with E-state index in [1.165, 1.54) is 0 Å². The van der Waals surface area contributed by atoms with Crippen molar-refractivity contribution in [3.05, 3.63) is 28.2 Å². The highest BCUT2D eigenvalue weighted by Gasteiger charge is 2.13. The molecule has 0 fully saturated rings. The van der Waals surface area contributed by atoms with Crippen LogP contribution >= 0.6 is 15.9 Å². The number of anilines is 1. The second-order valence-corrected chi connectivity index (χ2v) is 5.15. The molecule has 4 nitrogen and oxygen atoms in total. The zero-order valence-corrected chi connectivity index (χ0v) is 13.1. The highest BCUT2D eigenvalue weighted by molar-refractivity contribution is 9.10. The minimum atomic E-state index is 0.0889. The predicted octanol–water partition coefficient (Wildman–Crippen LogP) is 2.63. The van der Waals surface area contributed by atoms with Gasteiger partial charge in [-0.05, 0) is 32.0 Å². The maximum absolute atomic E-state index is 12.0. The summed E-state index contributed by atoms with van der Waals surface area (Å²) in [6, 6.07) is 7.54. The highest BCUT2D eigenvalue weighted by Crippen LogP contribution is 2.21. The number of carbonyl (C=O) groups is 1. The van der Waals surface area contributed by atoms with Crippen molar-refractivity contribution in [2.75, 3.05) is 31.6 Å². The molecule has 0 aliphatic heterocycles. The summed E-state index contributed by atoms with van der Waals surface area (Å²) in [6.45, 7) is 5.67. The van der Waals surface area contributed by atoms with Gasteiger partial charge in [0.05, 0.1) is 18.2 Å². The first kappa shape index (κ1) is 15.5. The second kappa shape index (κ2) is 7.15. The quantitative estimate of drug-likeness (QED) is 0.836. The molecule has 102 valence electrons. The van der Waals surface area contributed by atoms with Crippen LogP contribution in [0.25, 0.3) is 0 Å². The maximum Gasteiger partial charge on any atom is 0.242 e. The van der Waals surface area contributed by atoms with Gasteiger partial charge in [0, 0.05) is 30.3 Å². The molecule has 0 spiro atoms. The lowest BCUT2D eigenvalue weighted by Crippen LogP contribution is -2.38. The van der Waals surface area contributed by atoms with Gasteiger partial charge in [0.1, 0.15) is 0 Å². The van der Waals surface area contributed by atoms with Crippen LogP contribution in [-0.2, 0) is 4.79 Å². The molecule has 1 amide bonds. The van der Waals surface area contributed by atoms with E-state index < -0.39 is 0 Å². The third-order valence-corrected chi connectivity index (χ3v) is 3.40. The first-order valence-electron chi connectivity index (χ1n) is 6.21. The molecule has 5 heteroatoms. The molecule has 0 heterocycles. The number of carbonyl (C=O) groups excluding carboxylic acids is 1. The van der Waals surface area contributed by atoms with Crippen LogP contribution in [0.2, 0.25) is 0 Å². The van der Waals surface area contributed by atoms with Crippen LogP contribution < -0.4 is 4.90 Å². The average molecular weight is 324 g/mol. The summed E-state index contributed by atoms with van der Waals surface area (Å²) in [7, 11) is 1.85. The zero-order valence-electron chi connectivity index (χ0n) is 11.5. The van der Waals surface area contributed by atoms with Crippen molar-refractivity contribution in [2.24, 2.45) is 0 Å². The van der Waals surface area contributed by atoms with Crippen molar-refractivity contribution in [2.45, 2.75) is 13.8 Å². The first-order chi connectivity index (χ1) is 9.01. The Bertz CT molecular complexity index is 492. The minimum Gasteiger partial charge on any atom is -0.365 e. The summed E-state index contributed by atoms with van der Waals surface area (Å²) >= 11 is 3.37. The van der Waals surface area contributed by atoms with Crippen molar-refractivity contribution in [1.29, 1.82) is 5.26 Å². The van der Waals surface area contributed by atoms with Crippen LogP contribution in [0.4, 0.5) is 5.69 Å². The van der Waals surface area contributed by atoms with E-state index in [2.05, 4.69) is 22.0 Å². The Morgan fingerprint density at radius 1 is 1.32 bits per heavy atom. The highest BCUT2D eigenvalue weighted by atomic mass is 79.9. The predicted molar refractivity (Wildman–Crippen MR) is 80.1 cm³/mol. The van der Waals surface area contributed by atoms with Crippen molar-refractivity contribution >= 4 is 27.5 Å².